The molecule has 9 heteroatoms. The SMILES string of the molecule is Cc1ccc(Cl)c(Oc2nc(NS(=O)C(C)C)cc(-c3cc(C)c(=O)n(C)c3)n2)c1. The molecule has 0 saturated carbocycles. The summed E-state index contributed by atoms with van der Waals surface area (Å²) in [7, 11) is 0.338. The molecule has 7 nitrogen and oxygen atoms in total. The normalized spacial score (nSPS) is 12.1. The molecule has 0 spiro atoms. The standard InChI is InChI=1S/C21H23ClN4O3S/c1-12(2)30(28)25-19-10-17(15-9-14(4)20(27)26(5)11-15)23-21(24-19)29-18-8-13(3)6-7-16(18)22/h6-12H,1-5H3,(H,23,24,25). The molecule has 0 fully saturated rings. The summed E-state index contributed by atoms with van der Waals surface area (Å²) in [4.78, 5) is 20.9. The summed E-state index contributed by atoms with van der Waals surface area (Å²) in [5.74, 6) is 0.763. The van der Waals surface area contributed by atoms with Gasteiger partial charge in [0, 0.05) is 35.7 Å². The molecule has 2 heterocycles. The maximum Gasteiger partial charge on any atom is 0.324 e. The molecule has 0 radical (unpaired) electrons. The molecule has 1 atom stereocenters. The van der Waals surface area contributed by atoms with Gasteiger partial charge in [-0.2, -0.15) is 9.97 Å². The first-order valence-corrected chi connectivity index (χ1v) is 10.9. The van der Waals surface area contributed by atoms with Gasteiger partial charge in [-0.05, 0) is 51.5 Å². The molecule has 0 saturated heterocycles. The van der Waals surface area contributed by atoms with Crippen molar-refractivity contribution < 1.29 is 8.95 Å². The number of halogens is 1. The highest BCUT2D eigenvalue weighted by atomic mass is 35.5. The largest absolute Gasteiger partial charge is 0.423 e. The number of nitrogens with one attached hydrogen (secondary N) is 1. The van der Waals surface area contributed by atoms with Crippen molar-refractivity contribution in [3.63, 3.8) is 0 Å². The van der Waals surface area contributed by atoms with E-state index >= 15 is 0 Å². The Hall–Kier alpha value is -2.71. The lowest BCUT2D eigenvalue weighted by atomic mass is 10.1. The predicted octanol–water partition coefficient (Wildman–Crippen LogP) is 4.39. The summed E-state index contributed by atoms with van der Waals surface area (Å²) in [6, 6.07) is 8.86. The lowest BCUT2D eigenvalue weighted by Crippen LogP contribution is -2.18. The molecule has 0 aliphatic heterocycles. The van der Waals surface area contributed by atoms with Crippen LogP contribution in [0.15, 0.2) is 41.3 Å². The van der Waals surface area contributed by atoms with Crippen LogP contribution in [0.1, 0.15) is 25.0 Å². The molecular formula is C21H23ClN4O3S. The van der Waals surface area contributed by atoms with Gasteiger partial charge in [0.25, 0.3) is 5.56 Å². The van der Waals surface area contributed by atoms with E-state index in [9.17, 15) is 9.00 Å². The van der Waals surface area contributed by atoms with Crippen LogP contribution in [0.4, 0.5) is 5.82 Å². The van der Waals surface area contributed by atoms with E-state index in [0.29, 0.717) is 33.4 Å². The van der Waals surface area contributed by atoms with Gasteiger partial charge in [-0.25, -0.2) is 4.21 Å². The summed E-state index contributed by atoms with van der Waals surface area (Å²) < 4.78 is 22.5. The quantitative estimate of drug-likeness (QED) is 0.606. The topological polar surface area (TPSA) is 86.1 Å². The molecule has 3 aromatic rings. The van der Waals surface area contributed by atoms with Crippen molar-refractivity contribution in [2.45, 2.75) is 32.9 Å². The number of ether oxygens (including phenoxy) is 1. The third-order valence-electron chi connectivity index (χ3n) is 4.29. The summed E-state index contributed by atoms with van der Waals surface area (Å²) in [6.45, 7) is 7.34. The lowest BCUT2D eigenvalue weighted by molar-refractivity contribution is 0.443. The van der Waals surface area contributed by atoms with Crippen molar-refractivity contribution in [1.29, 1.82) is 0 Å². The van der Waals surface area contributed by atoms with E-state index in [0.717, 1.165) is 5.56 Å². The minimum absolute atomic E-state index is 0.0507. The van der Waals surface area contributed by atoms with Crippen LogP contribution in [-0.4, -0.2) is 24.0 Å². The van der Waals surface area contributed by atoms with Crippen molar-refractivity contribution in [2.24, 2.45) is 7.05 Å². The summed E-state index contributed by atoms with van der Waals surface area (Å²) in [5, 5.41) is 0.312. The number of anilines is 1. The number of hydrogen-bond acceptors (Lipinski definition) is 5. The molecule has 0 bridgehead atoms. The van der Waals surface area contributed by atoms with E-state index in [1.807, 2.05) is 26.8 Å². The highest BCUT2D eigenvalue weighted by Crippen LogP contribution is 2.31. The van der Waals surface area contributed by atoms with Gasteiger partial charge >= 0.3 is 6.01 Å². The monoisotopic (exact) mass is 446 g/mol. The molecule has 0 aliphatic carbocycles. The van der Waals surface area contributed by atoms with Gasteiger partial charge in [0.2, 0.25) is 0 Å². The number of rotatable bonds is 6. The Bertz CT molecular complexity index is 1150. The fraction of sp³-hybridized carbons (Fsp3) is 0.286. The fourth-order valence-corrected chi connectivity index (χ4v) is 3.40. The lowest BCUT2D eigenvalue weighted by Gasteiger charge is -2.13. The first-order valence-electron chi connectivity index (χ1n) is 9.32. The van der Waals surface area contributed by atoms with Crippen molar-refractivity contribution >= 4 is 28.4 Å². The van der Waals surface area contributed by atoms with Crippen LogP contribution in [0, 0.1) is 13.8 Å². The van der Waals surface area contributed by atoms with Gasteiger partial charge in [0.05, 0.1) is 10.7 Å². The summed E-state index contributed by atoms with van der Waals surface area (Å²) >= 11 is 6.24. The molecule has 1 unspecified atom stereocenters. The smallest absolute Gasteiger partial charge is 0.324 e. The molecule has 30 heavy (non-hydrogen) atoms. The van der Waals surface area contributed by atoms with Crippen LogP contribution in [0.5, 0.6) is 11.8 Å². The molecule has 1 aromatic carbocycles. The molecular weight excluding hydrogens is 424 g/mol. The van der Waals surface area contributed by atoms with E-state index in [1.54, 1.807) is 44.4 Å². The first kappa shape index (κ1) is 22.0. The van der Waals surface area contributed by atoms with Gasteiger partial charge in [0.15, 0.2) is 0 Å². The highest BCUT2D eigenvalue weighted by molar-refractivity contribution is 7.86. The predicted molar refractivity (Wildman–Crippen MR) is 121 cm³/mol. The molecule has 3 rings (SSSR count). The Morgan fingerprint density at radius 1 is 1.17 bits per heavy atom. The molecule has 0 amide bonds. The second kappa shape index (κ2) is 8.97. The van der Waals surface area contributed by atoms with E-state index in [1.165, 1.54) is 4.57 Å². The Morgan fingerprint density at radius 3 is 2.57 bits per heavy atom. The van der Waals surface area contributed by atoms with Gasteiger partial charge < -0.3 is 9.30 Å². The van der Waals surface area contributed by atoms with Crippen molar-refractivity contribution in [3.8, 4) is 23.0 Å². The second-order valence-corrected chi connectivity index (χ2v) is 9.38. The second-order valence-electron chi connectivity index (χ2n) is 7.23. The number of pyridine rings is 1. The van der Waals surface area contributed by atoms with Gasteiger partial charge in [0.1, 0.15) is 22.6 Å². The van der Waals surface area contributed by atoms with Gasteiger partial charge in [-0.15, -0.1) is 0 Å². The van der Waals surface area contributed by atoms with Gasteiger partial charge in [-0.1, -0.05) is 17.7 Å². The average molecular weight is 447 g/mol. The fourth-order valence-electron chi connectivity index (χ4n) is 2.70. The van der Waals surface area contributed by atoms with E-state index in [4.69, 9.17) is 16.3 Å². The maximum atomic E-state index is 12.3. The third kappa shape index (κ3) is 5.06. The van der Waals surface area contributed by atoms with Crippen molar-refractivity contribution in [1.82, 2.24) is 14.5 Å². The number of aryl methyl sites for hydroxylation is 3. The maximum absolute atomic E-state index is 12.3. The number of aromatic nitrogens is 3. The van der Waals surface area contributed by atoms with Crippen LogP contribution in [-0.2, 0) is 18.0 Å². The Kier molecular flexibility index (Phi) is 6.58. The number of hydrogen-bond donors (Lipinski definition) is 1. The zero-order valence-electron chi connectivity index (χ0n) is 17.4. The number of benzene rings is 1. The van der Waals surface area contributed by atoms with Crippen LogP contribution < -0.4 is 15.0 Å². The summed E-state index contributed by atoms with van der Waals surface area (Å²) in [6.07, 6.45) is 1.68. The minimum Gasteiger partial charge on any atom is -0.423 e. The third-order valence-corrected chi connectivity index (χ3v) is 5.86. The molecule has 1 N–H and O–H groups in total. The zero-order chi connectivity index (χ0) is 22.0. The van der Waals surface area contributed by atoms with Gasteiger partial charge in [-0.3, -0.25) is 9.52 Å². The first-order chi connectivity index (χ1) is 14.1. The van der Waals surface area contributed by atoms with E-state index < -0.39 is 11.0 Å². The van der Waals surface area contributed by atoms with Crippen molar-refractivity contribution in [3.05, 3.63) is 63.0 Å². The molecule has 0 aliphatic rings. The van der Waals surface area contributed by atoms with Crippen molar-refractivity contribution in [2.75, 3.05) is 4.72 Å². The molecule has 2 aromatic heterocycles. The zero-order valence-corrected chi connectivity index (χ0v) is 19.0. The van der Waals surface area contributed by atoms with Crippen LogP contribution in [0.25, 0.3) is 11.3 Å². The number of nitrogens with zero attached hydrogens (tertiary/aromatic N) is 3. The van der Waals surface area contributed by atoms with E-state index in [2.05, 4.69) is 14.7 Å². The van der Waals surface area contributed by atoms with E-state index in [-0.39, 0.29) is 16.8 Å². The Morgan fingerprint density at radius 2 is 1.90 bits per heavy atom. The molecule has 158 valence electrons. The minimum atomic E-state index is -1.34. The average Bonchev–Trinajstić information content (AvgIpc) is 2.68. The Labute approximate surface area is 182 Å². The highest BCUT2D eigenvalue weighted by Gasteiger charge is 2.14. The summed E-state index contributed by atoms with van der Waals surface area (Å²) in [5.41, 5.74) is 2.69. The Balaban J connectivity index is 2.10. The van der Waals surface area contributed by atoms with Crippen LogP contribution in [0.2, 0.25) is 5.02 Å². The van der Waals surface area contributed by atoms with Crippen LogP contribution in [0.3, 0.4) is 0 Å². The van der Waals surface area contributed by atoms with Crippen LogP contribution >= 0.6 is 11.6 Å².